The van der Waals surface area contributed by atoms with Crippen molar-refractivity contribution in [3.8, 4) is 0 Å². The molecule has 0 aliphatic heterocycles. The summed E-state index contributed by atoms with van der Waals surface area (Å²) in [7, 11) is 0. The van der Waals surface area contributed by atoms with E-state index in [-0.39, 0.29) is 0 Å². The van der Waals surface area contributed by atoms with Crippen LogP contribution in [0.1, 0.15) is 45.4 Å². The molecule has 0 fully saturated rings. The van der Waals surface area contributed by atoms with Crippen molar-refractivity contribution in [2.75, 3.05) is 0 Å². The van der Waals surface area contributed by atoms with Gasteiger partial charge in [-0.15, -0.1) is 6.58 Å². The number of hydrogen-bond donors (Lipinski definition) is 0. The third kappa shape index (κ3) is 10.1. The van der Waals surface area contributed by atoms with Crippen LogP contribution in [0.5, 0.6) is 0 Å². The molecule has 0 aromatic carbocycles. The van der Waals surface area contributed by atoms with E-state index in [0.29, 0.717) is 0 Å². The molecule has 0 bridgehead atoms. The van der Waals surface area contributed by atoms with Gasteiger partial charge in [-0.1, -0.05) is 64.3 Å². The van der Waals surface area contributed by atoms with Gasteiger partial charge in [0.25, 0.3) is 0 Å². The minimum absolute atomic E-state index is 0.937. The van der Waals surface area contributed by atoms with Crippen molar-refractivity contribution in [1.29, 1.82) is 0 Å². The van der Waals surface area contributed by atoms with E-state index >= 15 is 0 Å². The molecule has 1 heterocycles. The van der Waals surface area contributed by atoms with E-state index < -0.39 is 0 Å². The van der Waals surface area contributed by atoms with Gasteiger partial charge in [-0.05, 0) is 37.0 Å². The summed E-state index contributed by atoms with van der Waals surface area (Å²) in [6, 6.07) is 4.06. The van der Waals surface area contributed by atoms with E-state index in [4.69, 9.17) is 0 Å². The summed E-state index contributed by atoms with van der Waals surface area (Å²) < 4.78 is 0. The summed E-state index contributed by atoms with van der Waals surface area (Å²) in [4.78, 5) is 4.25. The zero-order valence-electron chi connectivity index (χ0n) is 13.5. The van der Waals surface area contributed by atoms with Gasteiger partial charge in [0.1, 0.15) is 0 Å². The molecule has 0 atom stereocenters. The third-order valence-electron chi connectivity index (χ3n) is 2.25. The highest BCUT2D eigenvalue weighted by atomic mass is 14.7. The molecule has 0 saturated heterocycles. The SMILES string of the molecule is C=C(C)c1ncccc1CC.C=C/C=C\CC=C.CC. The number of hydrogen-bond acceptors (Lipinski definition) is 1. The molecule has 0 aliphatic carbocycles. The lowest BCUT2D eigenvalue weighted by Gasteiger charge is -2.03. The molecule has 1 heteroatoms. The van der Waals surface area contributed by atoms with E-state index in [9.17, 15) is 0 Å². The summed E-state index contributed by atoms with van der Waals surface area (Å²) in [5.41, 5.74) is 3.37. The number of rotatable bonds is 5. The largest absolute Gasteiger partial charge is 0.256 e. The van der Waals surface area contributed by atoms with Crippen LogP contribution < -0.4 is 0 Å². The van der Waals surface area contributed by atoms with Crippen molar-refractivity contribution in [3.05, 3.63) is 73.6 Å². The van der Waals surface area contributed by atoms with Crippen LogP contribution in [0.4, 0.5) is 0 Å². The van der Waals surface area contributed by atoms with Crippen molar-refractivity contribution in [1.82, 2.24) is 4.98 Å². The fraction of sp³-hybridized carbons (Fsp3) is 0.316. The van der Waals surface area contributed by atoms with Gasteiger partial charge >= 0.3 is 0 Å². The molecular weight excluding hydrogens is 242 g/mol. The smallest absolute Gasteiger partial charge is 0.0684 e. The summed E-state index contributed by atoms with van der Waals surface area (Å²) in [6.07, 6.45) is 11.3. The van der Waals surface area contributed by atoms with Crippen LogP contribution >= 0.6 is 0 Å². The fourth-order valence-electron chi connectivity index (χ4n) is 1.38. The summed E-state index contributed by atoms with van der Waals surface area (Å²) >= 11 is 0. The maximum Gasteiger partial charge on any atom is 0.0684 e. The predicted octanol–water partition coefficient (Wildman–Crippen LogP) is 6.01. The minimum Gasteiger partial charge on any atom is -0.256 e. The zero-order valence-corrected chi connectivity index (χ0v) is 13.5. The first-order chi connectivity index (χ1) is 9.67. The second kappa shape index (κ2) is 15.2. The Morgan fingerprint density at radius 1 is 1.30 bits per heavy atom. The maximum atomic E-state index is 4.25. The van der Waals surface area contributed by atoms with Gasteiger partial charge in [-0.25, -0.2) is 0 Å². The summed E-state index contributed by atoms with van der Waals surface area (Å²) in [6.45, 7) is 19.0. The summed E-state index contributed by atoms with van der Waals surface area (Å²) in [5.74, 6) is 0. The highest BCUT2D eigenvalue weighted by molar-refractivity contribution is 5.60. The van der Waals surface area contributed by atoms with Crippen LogP contribution in [-0.4, -0.2) is 4.98 Å². The minimum atomic E-state index is 0.937. The van der Waals surface area contributed by atoms with E-state index in [1.54, 1.807) is 6.08 Å². The Labute approximate surface area is 125 Å². The van der Waals surface area contributed by atoms with E-state index in [1.807, 2.05) is 51.3 Å². The second-order valence-corrected chi connectivity index (χ2v) is 3.83. The average molecular weight is 271 g/mol. The molecule has 0 radical (unpaired) electrons. The van der Waals surface area contributed by atoms with Crippen molar-refractivity contribution < 1.29 is 0 Å². The predicted molar refractivity (Wildman–Crippen MR) is 93.8 cm³/mol. The molecule has 0 amide bonds. The van der Waals surface area contributed by atoms with E-state index in [0.717, 1.165) is 24.1 Å². The van der Waals surface area contributed by atoms with Crippen LogP contribution in [0.15, 0.2) is 62.4 Å². The molecule has 0 N–H and O–H groups in total. The highest BCUT2D eigenvalue weighted by Crippen LogP contribution is 2.13. The summed E-state index contributed by atoms with van der Waals surface area (Å²) in [5, 5.41) is 0. The second-order valence-electron chi connectivity index (χ2n) is 3.83. The van der Waals surface area contributed by atoms with Gasteiger partial charge in [0.2, 0.25) is 0 Å². The first-order valence-electron chi connectivity index (χ1n) is 7.15. The molecule has 0 saturated carbocycles. The highest BCUT2D eigenvalue weighted by Gasteiger charge is 1.99. The molecule has 110 valence electrons. The molecule has 0 unspecified atom stereocenters. The molecule has 0 aliphatic rings. The van der Waals surface area contributed by atoms with Crippen molar-refractivity contribution in [3.63, 3.8) is 0 Å². The molecule has 20 heavy (non-hydrogen) atoms. The van der Waals surface area contributed by atoms with Gasteiger partial charge in [-0.2, -0.15) is 0 Å². The van der Waals surface area contributed by atoms with Crippen LogP contribution in [0.3, 0.4) is 0 Å². The van der Waals surface area contributed by atoms with Crippen LogP contribution in [-0.2, 0) is 6.42 Å². The first kappa shape index (κ1) is 20.4. The van der Waals surface area contributed by atoms with Gasteiger partial charge in [0.05, 0.1) is 5.69 Å². The molecular formula is C19H29N. The van der Waals surface area contributed by atoms with Gasteiger partial charge in [0.15, 0.2) is 0 Å². The molecule has 0 spiro atoms. The lowest BCUT2D eigenvalue weighted by atomic mass is 10.1. The Bertz CT molecular complexity index is 414. The number of pyridine rings is 1. The monoisotopic (exact) mass is 271 g/mol. The molecule has 1 aromatic heterocycles. The fourth-order valence-corrected chi connectivity index (χ4v) is 1.38. The zero-order chi connectivity index (χ0) is 15.8. The van der Waals surface area contributed by atoms with Gasteiger partial charge < -0.3 is 0 Å². The topological polar surface area (TPSA) is 12.9 Å². The maximum absolute atomic E-state index is 4.25. The van der Waals surface area contributed by atoms with Crippen molar-refractivity contribution in [2.45, 2.75) is 40.5 Å². The van der Waals surface area contributed by atoms with Crippen molar-refractivity contribution >= 4 is 5.57 Å². The van der Waals surface area contributed by atoms with E-state index in [1.165, 1.54) is 5.56 Å². The molecule has 1 rings (SSSR count). The number of nitrogens with zero attached hydrogens (tertiary/aromatic N) is 1. The van der Waals surface area contributed by atoms with Crippen molar-refractivity contribution in [2.24, 2.45) is 0 Å². The lowest BCUT2D eigenvalue weighted by molar-refractivity contribution is 1.08. The Morgan fingerprint density at radius 3 is 2.35 bits per heavy atom. The van der Waals surface area contributed by atoms with E-state index in [2.05, 4.69) is 37.7 Å². The molecule has 1 nitrogen and oxygen atoms in total. The quantitative estimate of drug-likeness (QED) is 0.472. The van der Waals surface area contributed by atoms with Crippen LogP contribution in [0.25, 0.3) is 5.57 Å². The Morgan fingerprint density at radius 2 is 1.95 bits per heavy atom. The standard InChI is InChI=1S/C10H13N.C7H10.C2H6/c1-4-9-6-5-7-11-10(9)8(2)3;1-3-5-7-6-4-2;1-2/h5-7H,2,4H2,1,3H3;3-5,7H,1-2,6H2;1-2H3/b;7-5-;. The Balaban J connectivity index is 0. The van der Waals surface area contributed by atoms with Gasteiger partial charge in [-0.3, -0.25) is 4.98 Å². The third-order valence-corrected chi connectivity index (χ3v) is 2.25. The number of aryl methyl sites for hydroxylation is 1. The first-order valence-corrected chi connectivity index (χ1v) is 7.15. The molecule has 1 aromatic rings. The normalized spacial score (nSPS) is 8.80. The Kier molecular flexibility index (Phi) is 15.5. The number of aromatic nitrogens is 1. The lowest BCUT2D eigenvalue weighted by Crippen LogP contribution is -1.91. The van der Waals surface area contributed by atoms with Crippen LogP contribution in [0, 0.1) is 0 Å². The number of allylic oxidation sites excluding steroid dienone is 5. The van der Waals surface area contributed by atoms with Crippen LogP contribution in [0.2, 0.25) is 0 Å². The average Bonchev–Trinajstić information content (AvgIpc) is 2.50. The Hall–Kier alpha value is -1.89. The van der Waals surface area contributed by atoms with Gasteiger partial charge in [0, 0.05) is 6.20 Å².